The Morgan fingerprint density at radius 1 is 0.850 bits per heavy atom. The fourth-order valence-corrected chi connectivity index (χ4v) is 1.88. The molecular weight excluding hydrogens is 299 g/mol. The molecular formula is C12H24Cl2N6. The van der Waals surface area contributed by atoms with Gasteiger partial charge in [0.05, 0.1) is 13.1 Å². The quantitative estimate of drug-likeness (QED) is 0.779. The maximum absolute atomic E-state index is 4.41. The van der Waals surface area contributed by atoms with Crippen LogP contribution in [0.4, 0.5) is 0 Å². The molecule has 0 aromatic rings. The Labute approximate surface area is 132 Å². The molecule has 0 saturated carbocycles. The molecule has 0 bridgehead atoms. The van der Waals surface area contributed by atoms with Crippen molar-refractivity contribution in [2.75, 3.05) is 13.1 Å². The zero-order chi connectivity index (χ0) is 13.1. The molecule has 0 aromatic heterocycles. The molecule has 116 valence electrons. The van der Waals surface area contributed by atoms with Crippen LogP contribution in [-0.2, 0) is 0 Å². The summed E-state index contributed by atoms with van der Waals surface area (Å²) in [6, 6.07) is 0. The minimum absolute atomic E-state index is 0. The average Bonchev–Trinajstić information content (AvgIpc) is 2.95. The molecule has 2 heterocycles. The van der Waals surface area contributed by atoms with Gasteiger partial charge in [-0.2, -0.15) is 10.2 Å². The van der Waals surface area contributed by atoms with Crippen molar-refractivity contribution in [1.29, 1.82) is 0 Å². The maximum Gasteiger partial charge on any atom is 0.160 e. The molecule has 0 spiro atoms. The SMILES string of the molecule is CC(C)C1=NCC(N=NC2CN=C(C(C)C)N2)N1.Cl.Cl. The van der Waals surface area contributed by atoms with Crippen LogP contribution >= 0.6 is 24.8 Å². The van der Waals surface area contributed by atoms with Gasteiger partial charge in [0, 0.05) is 11.8 Å². The number of nitrogens with one attached hydrogen (secondary N) is 2. The number of halogens is 2. The second kappa shape index (κ2) is 8.42. The number of amidine groups is 2. The fourth-order valence-electron chi connectivity index (χ4n) is 1.88. The summed E-state index contributed by atoms with van der Waals surface area (Å²) in [6.45, 7) is 9.84. The normalized spacial score (nSPS) is 24.9. The van der Waals surface area contributed by atoms with E-state index in [1.165, 1.54) is 0 Å². The maximum atomic E-state index is 4.41. The van der Waals surface area contributed by atoms with Crippen LogP contribution in [0.25, 0.3) is 0 Å². The summed E-state index contributed by atoms with van der Waals surface area (Å²) in [5.41, 5.74) is 0. The Morgan fingerprint density at radius 2 is 1.20 bits per heavy atom. The van der Waals surface area contributed by atoms with E-state index in [-0.39, 0.29) is 37.1 Å². The molecule has 2 N–H and O–H groups in total. The van der Waals surface area contributed by atoms with Crippen LogP contribution in [0.3, 0.4) is 0 Å². The molecule has 6 nitrogen and oxygen atoms in total. The van der Waals surface area contributed by atoms with Gasteiger partial charge < -0.3 is 10.6 Å². The molecule has 0 fully saturated rings. The first kappa shape index (κ1) is 19.1. The molecule has 0 radical (unpaired) electrons. The van der Waals surface area contributed by atoms with Crippen LogP contribution in [0.2, 0.25) is 0 Å². The van der Waals surface area contributed by atoms with Crippen LogP contribution in [0, 0.1) is 11.8 Å². The van der Waals surface area contributed by atoms with E-state index in [1.807, 2.05) is 0 Å². The van der Waals surface area contributed by atoms with Crippen molar-refractivity contribution in [2.24, 2.45) is 32.0 Å². The minimum atomic E-state index is -0.00713. The van der Waals surface area contributed by atoms with Crippen molar-refractivity contribution in [3.63, 3.8) is 0 Å². The first-order valence-corrected chi connectivity index (χ1v) is 6.58. The lowest BCUT2D eigenvalue weighted by Crippen LogP contribution is -2.33. The standard InChI is InChI=1S/C12H22N6.2ClH/c1-7(2)11-13-5-9(15-11)17-18-10-6-14-12(16-10)8(3)4;;/h7-10H,5-6H2,1-4H3,(H,13,15)(H,14,16);2*1H. The van der Waals surface area contributed by atoms with Gasteiger partial charge >= 0.3 is 0 Å². The molecule has 2 aliphatic rings. The van der Waals surface area contributed by atoms with E-state index < -0.39 is 0 Å². The summed E-state index contributed by atoms with van der Waals surface area (Å²) in [5, 5.41) is 15.1. The number of hydrogen-bond acceptors (Lipinski definition) is 6. The van der Waals surface area contributed by atoms with Crippen LogP contribution in [0.5, 0.6) is 0 Å². The molecule has 2 rings (SSSR count). The lowest BCUT2D eigenvalue weighted by molar-refractivity contribution is 0.568. The van der Waals surface area contributed by atoms with Gasteiger partial charge in [0.25, 0.3) is 0 Å². The van der Waals surface area contributed by atoms with Crippen molar-refractivity contribution in [1.82, 2.24) is 10.6 Å². The van der Waals surface area contributed by atoms with E-state index in [4.69, 9.17) is 0 Å². The van der Waals surface area contributed by atoms with Crippen LogP contribution < -0.4 is 10.6 Å². The zero-order valence-electron chi connectivity index (χ0n) is 12.3. The highest BCUT2D eigenvalue weighted by Gasteiger charge is 2.21. The molecule has 0 saturated heterocycles. The monoisotopic (exact) mass is 322 g/mol. The molecule has 0 aliphatic carbocycles. The Bertz CT molecular complexity index is 355. The van der Waals surface area contributed by atoms with Crippen molar-refractivity contribution in [3.05, 3.63) is 0 Å². The van der Waals surface area contributed by atoms with Crippen LogP contribution in [-0.4, -0.2) is 37.1 Å². The predicted molar refractivity (Wildman–Crippen MR) is 87.5 cm³/mol. The van der Waals surface area contributed by atoms with Crippen molar-refractivity contribution < 1.29 is 0 Å². The second-order valence-electron chi connectivity index (χ2n) is 5.31. The van der Waals surface area contributed by atoms with Crippen molar-refractivity contribution in [2.45, 2.75) is 40.0 Å². The summed E-state index contributed by atoms with van der Waals surface area (Å²) in [5.74, 6) is 2.89. The number of nitrogens with zero attached hydrogens (tertiary/aromatic N) is 4. The Kier molecular flexibility index (Phi) is 8.05. The molecule has 20 heavy (non-hydrogen) atoms. The van der Waals surface area contributed by atoms with E-state index in [0.29, 0.717) is 24.9 Å². The average molecular weight is 323 g/mol. The number of azo groups is 1. The smallest absolute Gasteiger partial charge is 0.160 e. The molecule has 0 amide bonds. The summed E-state index contributed by atoms with van der Waals surface area (Å²) < 4.78 is 0. The third-order valence-electron chi connectivity index (χ3n) is 2.94. The lowest BCUT2D eigenvalue weighted by atomic mass is 10.2. The topological polar surface area (TPSA) is 73.5 Å². The van der Waals surface area contributed by atoms with E-state index in [0.717, 1.165) is 11.7 Å². The number of rotatable bonds is 4. The van der Waals surface area contributed by atoms with Gasteiger partial charge in [0.15, 0.2) is 12.3 Å². The molecule has 2 unspecified atom stereocenters. The van der Waals surface area contributed by atoms with E-state index in [2.05, 4.69) is 58.5 Å². The summed E-state index contributed by atoms with van der Waals surface area (Å²) in [7, 11) is 0. The fraction of sp³-hybridized carbons (Fsp3) is 0.833. The van der Waals surface area contributed by atoms with Crippen LogP contribution in [0.15, 0.2) is 20.2 Å². The van der Waals surface area contributed by atoms with Crippen LogP contribution in [0.1, 0.15) is 27.7 Å². The highest BCUT2D eigenvalue weighted by Crippen LogP contribution is 2.08. The number of aliphatic imine (C=N–C) groups is 2. The highest BCUT2D eigenvalue weighted by atomic mass is 35.5. The molecule has 0 aromatic carbocycles. The van der Waals surface area contributed by atoms with Crippen molar-refractivity contribution >= 4 is 36.5 Å². The Balaban J connectivity index is 0.00000180. The largest absolute Gasteiger partial charge is 0.349 e. The third-order valence-corrected chi connectivity index (χ3v) is 2.94. The van der Waals surface area contributed by atoms with Gasteiger partial charge in [0.1, 0.15) is 11.7 Å². The summed E-state index contributed by atoms with van der Waals surface area (Å²) in [4.78, 5) is 8.82. The van der Waals surface area contributed by atoms with E-state index in [1.54, 1.807) is 0 Å². The van der Waals surface area contributed by atoms with Gasteiger partial charge in [-0.1, -0.05) is 27.7 Å². The Morgan fingerprint density at radius 3 is 1.45 bits per heavy atom. The summed E-state index contributed by atoms with van der Waals surface area (Å²) >= 11 is 0. The van der Waals surface area contributed by atoms with Gasteiger partial charge in [-0.05, 0) is 0 Å². The number of hydrogen-bond donors (Lipinski definition) is 2. The van der Waals surface area contributed by atoms with Crippen molar-refractivity contribution in [3.8, 4) is 0 Å². The van der Waals surface area contributed by atoms with Gasteiger partial charge in [-0.15, -0.1) is 24.8 Å². The first-order chi connectivity index (χ1) is 8.56. The van der Waals surface area contributed by atoms with Gasteiger partial charge in [-0.25, -0.2) is 0 Å². The zero-order valence-corrected chi connectivity index (χ0v) is 14.0. The van der Waals surface area contributed by atoms with Gasteiger partial charge in [0.2, 0.25) is 0 Å². The third kappa shape index (κ3) is 4.90. The highest BCUT2D eigenvalue weighted by molar-refractivity contribution is 5.86. The lowest BCUT2D eigenvalue weighted by Gasteiger charge is -2.11. The minimum Gasteiger partial charge on any atom is -0.349 e. The molecule has 2 aliphatic heterocycles. The molecule has 2 atom stereocenters. The Hall–Kier alpha value is -0.880. The summed E-state index contributed by atoms with van der Waals surface area (Å²) in [6.07, 6.45) is -0.0143. The van der Waals surface area contributed by atoms with E-state index >= 15 is 0 Å². The van der Waals surface area contributed by atoms with E-state index in [9.17, 15) is 0 Å². The first-order valence-electron chi connectivity index (χ1n) is 6.58. The van der Waals surface area contributed by atoms with Gasteiger partial charge in [-0.3, -0.25) is 9.98 Å². The predicted octanol–water partition coefficient (Wildman–Crippen LogP) is 2.25. The second-order valence-corrected chi connectivity index (χ2v) is 5.31. The molecule has 8 heteroatoms.